The minimum absolute atomic E-state index is 0.0870. The SMILES string of the molecule is CN(CC1CC1)[C@H](CNC(=O)c1ccc(Cl)s1)C(=O)Nc1ccc(N2CCOCC2=O)c(F)c1. The Labute approximate surface area is 206 Å². The van der Waals surface area contributed by atoms with E-state index in [1.165, 1.54) is 17.0 Å². The molecule has 1 saturated carbocycles. The zero-order valence-corrected chi connectivity index (χ0v) is 20.3. The van der Waals surface area contributed by atoms with E-state index >= 15 is 0 Å². The number of hydrogen-bond donors (Lipinski definition) is 2. The van der Waals surface area contributed by atoms with Crippen LogP contribution in [0.5, 0.6) is 0 Å². The summed E-state index contributed by atoms with van der Waals surface area (Å²) in [5.41, 5.74) is 0.420. The quantitative estimate of drug-likeness (QED) is 0.543. The van der Waals surface area contributed by atoms with E-state index in [4.69, 9.17) is 16.3 Å². The lowest BCUT2D eigenvalue weighted by molar-refractivity contribution is -0.125. The van der Waals surface area contributed by atoms with Gasteiger partial charge in [-0.3, -0.25) is 19.3 Å². The van der Waals surface area contributed by atoms with Crippen LogP contribution in [-0.2, 0) is 14.3 Å². The van der Waals surface area contributed by atoms with Crippen LogP contribution in [0.25, 0.3) is 0 Å². The first-order chi connectivity index (χ1) is 16.3. The Hall–Kier alpha value is -2.53. The van der Waals surface area contributed by atoms with Gasteiger partial charge >= 0.3 is 0 Å². The summed E-state index contributed by atoms with van der Waals surface area (Å²) in [5, 5.41) is 5.55. The fraction of sp³-hybridized carbons (Fsp3) is 0.435. The lowest BCUT2D eigenvalue weighted by Gasteiger charge is -2.28. The molecule has 8 nitrogen and oxygen atoms in total. The Morgan fingerprint density at radius 2 is 2.12 bits per heavy atom. The van der Waals surface area contributed by atoms with E-state index in [0.29, 0.717) is 21.7 Å². The molecule has 2 fully saturated rings. The monoisotopic (exact) mass is 508 g/mol. The fourth-order valence-corrected chi connectivity index (χ4v) is 4.76. The normalized spacial score (nSPS) is 17.1. The summed E-state index contributed by atoms with van der Waals surface area (Å²) in [6, 6.07) is 6.86. The molecule has 0 bridgehead atoms. The Morgan fingerprint density at radius 3 is 2.76 bits per heavy atom. The number of carbonyl (C=O) groups is 3. The average molecular weight is 509 g/mol. The molecule has 1 aromatic carbocycles. The molecule has 182 valence electrons. The third kappa shape index (κ3) is 6.12. The van der Waals surface area contributed by atoms with Gasteiger partial charge < -0.3 is 20.3 Å². The lowest BCUT2D eigenvalue weighted by Crippen LogP contribution is -2.49. The van der Waals surface area contributed by atoms with Gasteiger partial charge in [0.1, 0.15) is 18.5 Å². The topological polar surface area (TPSA) is 91.0 Å². The van der Waals surface area contributed by atoms with Crippen molar-refractivity contribution < 1.29 is 23.5 Å². The molecule has 1 aromatic heterocycles. The van der Waals surface area contributed by atoms with Crippen LogP contribution >= 0.6 is 22.9 Å². The molecule has 2 N–H and O–H groups in total. The van der Waals surface area contributed by atoms with Gasteiger partial charge in [0, 0.05) is 25.3 Å². The molecule has 2 heterocycles. The second-order valence-electron chi connectivity index (χ2n) is 8.47. The molecule has 4 rings (SSSR count). The molecule has 3 amide bonds. The number of anilines is 2. The van der Waals surface area contributed by atoms with Gasteiger partial charge in [0.15, 0.2) is 0 Å². The fourth-order valence-electron chi connectivity index (χ4n) is 3.80. The molecular weight excluding hydrogens is 483 g/mol. The highest BCUT2D eigenvalue weighted by Crippen LogP contribution is 2.30. The van der Waals surface area contributed by atoms with E-state index < -0.39 is 11.9 Å². The number of ether oxygens (including phenoxy) is 1. The van der Waals surface area contributed by atoms with Crippen molar-refractivity contribution in [3.8, 4) is 0 Å². The Morgan fingerprint density at radius 1 is 1.32 bits per heavy atom. The van der Waals surface area contributed by atoms with E-state index in [0.717, 1.165) is 30.7 Å². The standard InChI is InChI=1S/C23H26ClFN4O4S/c1-28(12-14-2-3-14)18(11-26-23(32)19-6-7-20(24)34-19)22(31)27-15-4-5-17(16(25)10-15)29-8-9-33-13-21(29)30/h4-7,10,14,18H,2-3,8-9,11-13H2,1H3,(H,26,32)(H,27,31)/t18-/m1/s1. The number of morpholine rings is 1. The molecule has 0 unspecified atom stereocenters. The van der Waals surface area contributed by atoms with Gasteiger partial charge in [0.05, 0.1) is 21.5 Å². The van der Waals surface area contributed by atoms with Crippen molar-refractivity contribution in [3.05, 3.63) is 45.4 Å². The predicted molar refractivity (Wildman–Crippen MR) is 129 cm³/mol. The number of hydrogen-bond acceptors (Lipinski definition) is 6. The molecule has 34 heavy (non-hydrogen) atoms. The molecule has 2 aromatic rings. The lowest BCUT2D eigenvalue weighted by atomic mass is 10.2. The van der Waals surface area contributed by atoms with Crippen molar-refractivity contribution in [3.63, 3.8) is 0 Å². The van der Waals surface area contributed by atoms with Crippen LogP contribution in [-0.4, -0.2) is 68.6 Å². The number of benzene rings is 1. The molecule has 1 atom stereocenters. The van der Waals surface area contributed by atoms with Crippen molar-refractivity contribution in [1.29, 1.82) is 0 Å². The second kappa shape index (κ2) is 10.8. The van der Waals surface area contributed by atoms with Gasteiger partial charge in [-0.25, -0.2) is 4.39 Å². The predicted octanol–water partition coefficient (Wildman–Crippen LogP) is 2.98. The Bertz CT molecular complexity index is 1080. The largest absolute Gasteiger partial charge is 0.370 e. The average Bonchev–Trinajstić information content (AvgIpc) is 3.50. The summed E-state index contributed by atoms with van der Waals surface area (Å²) < 4.78 is 20.4. The summed E-state index contributed by atoms with van der Waals surface area (Å²) in [4.78, 5) is 41.3. The molecule has 1 saturated heterocycles. The van der Waals surface area contributed by atoms with Crippen LogP contribution < -0.4 is 15.5 Å². The summed E-state index contributed by atoms with van der Waals surface area (Å²) in [5.74, 6) is -1.05. The van der Waals surface area contributed by atoms with Gasteiger partial charge in [-0.15, -0.1) is 11.3 Å². The van der Waals surface area contributed by atoms with Gasteiger partial charge in [0.25, 0.3) is 11.8 Å². The molecule has 2 aliphatic rings. The highest BCUT2D eigenvalue weighted by atomic mass is 35.5. The number of nitrogens with one attached hydrogen (secondary N) is 2. The third-order valence-corrected chi connectivity index (χ3v) is 7.05. The van der Waals surface area contributed by atoms with Gasteiger partial charge in [-0.05, 0) is 56.1 Å². The number of rotatable bonds is 9. The van der Waals surface area contributed by atoms with Crippen LogP contribution in [0.3, 0.4) is 0 Å². The van der Waals surface area contributed by atoms with E-state index in [1.54, 1.807) is 18.2 Å². The molecule has 1 aliphatic carbocycles. The number of halogens is 2. The Kier molecular flexibility index (Phi) is 7.82. The van der Waals surface area contributed by atoms with Crippen molar-refractivity contribution in [2.45, 2.75) is 18.9 Å². The minimum Gasteiger partial charge on any atom is -0.370 e. The van der Waals surface area contributed by atoms with Crippen LogP contribution in [0.15, 0.2) is 30.3 Å². The zero-order valence-electron chi connectivity index (χ0n) is 18.7. The maximum Gasteiger partial charge on any atom is 0.261 e. The Balaban J connectivity index is 1.43. The van der Waals surface area contributed by atoms with Crippen molar-refractivity contribution in [2.24, 2.45) is 5.92 Å². The highest BCUT2D eigenvalue weighted by Gasteiger charge is 2.30. The summed E-state index contributed by atoms with van der Waals surface area (Å²) in [6.45, 7) is 1.33. The molecule has 0 radical (unpaired) electrons. The van der Waals surface area contributed by atoms with Crippen molar-refractivity contribution >= 4 is 52.0 Å². The first-order valence-corrected chi connectivity index (χ1v) is 12.2. The minimum atomic E-state index is -0.649. The molecular formula is C23H26ClFN4O4S. The van der Waals surface area contributed by atoms with Crippen molar-refractivity contribution in [1.82, 2.24) is 10.2 Å². The number of amides is 3. The summed E-state index contributed by atoms with van der Waals surface area (Å²) in [7, 11) is 1.84. The van der Waals surface area contributed by atoms with E-state index in [9.17, 15) is 18.8 Å². The number of nitrogens with zero attached hydrogens (tertiary/aromatic N) is 2. The van der Waals surface area contributed by atoms with E-state index in [1.807, 2.05) is 11.9 Å². The van der Waals surface area contributed by atoms with Gasteiger partial charge in [-0.1, -0.05) is 11.6 Å². The van der Waals surface area contributed by atoms with Crippen molar-refractivity contribution in [2.75, 3.05) is 50.1 Å². The van der Waals surface area contributed by atoms with Crippen LogP contribution in [0.4, 0.5) is 15.8 Å². The van der Waals surface area contributed by atoms with Gasteiger partial charge in [-0.2, -0.15) is 0 Å². The van der Waals surface area contributed by atoms with E-state index in [-0.39, 0.29) is 48.8 Å². The first kappa shape index (κ1) is 24.6. The number of thiophene rings is 1. The van der Waals surface area contributed by atoms with Gasteiger partial charge in [0.2, 0.25) is 5.91 Å². The molecule has 0 spiro atoms. The maximum absolute atomic E-state index is 14.8. The highest BCUT2D eigenvalue weighted by molar-refractivity contribution is 7.18. The smallest absolute Gasteiger partial charge is 0.261 e. The summed E-state index contributed by atoms with van der Waals surface area (Å²) in [6.07, 6.45) is 2.23. The van der Waals surface area contributed by atoms with Crippen LogP contribution in [0, 0.1) is 11.7 Å². The van der Waals surface area contributed by atoms with Crippen LogP contribution in [0.1, 0.15) is 22.5 Å². The second-order valence-corrected chi connectivity index (χ2v) is 10.2. The van der Waals surface area contributed by atoms with E-state index in [2.05, 4.69) is 10.6 Å². The van der Waals surface area contributed by atoms with Crippen LogP contribution in [0.2, 0.25) is 4.34 Å². The molecule has 11 heteroatoms. The summed E-state index contributed by atoms with van der Waals surface area (Å²) >= 11 is 7.08. The molecule has 1 aliphatic heterocycles. The number of carbonyl (C=O) groups excluding carboxylic acids is 3. The first-order valence-electron chi connectivity index (χ1n) is 11.0. The zero-order chi connectivity index (χ0) is 24.2. The third-order valence-electron chi connectivity index (χ3n) is 5.82. The maximum atomic E-state index is 14.8. The number of likely N-dealkylation sites (N-methyl/N-ethyl adjacent to an activating group) is 1.